The van der Waals surface area contributed by atoms with Crippen LogP contribution in [0.3, 0.4) is 0 Å². The van der Waals surface area contributed by atoms with Gasteiger partial charge in [0, 0.05) is 36.4 Å². The fourth-order valence-electron chi connectivity index (χ4n) is 4.16. The average Bonchev–Trinajstić information content (AvgIpc) is 3.23. The molecule has 4 rings (SSSR count). The first kappa shape index (κ1) is 24.4. The number of aromatic nitrogens is 3. The van der Waals surface area contributed by atoms with Gasteiger partial charge in [0.15, 0.2) is 0 Å². The minimum atomic E-state index is -4.42. The van der Waals surface area contributed by atoms with Crippen molar-refractivity contribution in [2.24, 2.45) is 5.92 Å². The maximum absolute atomic E-state index is 14.8. The Morgan fingerprint density at radius 1 is 1.03 bits per heavy atom. The van der Waals surface area contributed by atoms with E-state index in [2.05, 4.69) is 15.3 Å². The topological polar surface area (TPSA) is 59.8 Å². The molecule has 0 saturated heterocycles. The molecule has 0 aliphatic heterocycles. The zero-order chi connectivity index (χ0) is 25.2. The molecule has 0 fully saturated rings. The molecule has 182 valence electrons. The van der Waals surface area contributed by atoms with Crippen LogP contribution in [0.25, 0.3) is 16.9 Å². The van der Waals surface area contributed by atoms with Crippen molar-refractivity contribution in [3.63, 3.8) is 0 Å². The molecule has 1 amide bonds. The minimum absolute atomic E-state index is 0.126. The highest BCUT2D eigenvalue weighted by Crippen LogP contribution is 2.32. The van der Waals surface area contributed by atoms with Crippen molar-refractivity contribution in [1.82, 2.24) is 19.9 Å². The number of hydrogen-bond acceptors (Lipinski definition) is 3. The van der Waals surface area contributed by atoms with Crippen LogP contribution in [0.5, 0.6) is 0 Å². The highest BCUT2D eigenvalue weighted by Gasteiger charge is 2.30. The number of nitrogens with zero attached hydrogens (tertiary/aromatic N) is 3. The van der Waals surface area contributed by atoms with Gasteiger partial charge in [-0.05, 0) is 48.2 Å². The number of carbonyl (C=O) groups excluding carboxylic acids is 1. The standard InChI is InChI=1S/C26H24F4N4O/c1-16(2)13-18(17-7-9-19(10-8-17)26(28,29)30)14-33-24(35)20-15-34(25-31-11-4-12-32-25)22-6-3-5-21(27)23(20)22/h3-12,15-16,18H,13-14H2,1-2H3,(H,33,35). The van der Waals surface area contributed by atoms with E-state index in [1.807, 2.05) is 13.8 Å². The lowest BCUT2D eigenvalue weighted by atomic mass is 9.89. The van der Waals surface area contributed by atoms with Crippen LogP contribution in [0.1, 0.15) is 47.7 Å². The number of rotatable bonds is 7. The SMILES string of the molecule is CC(C)CC(CNC(=O)c1cn(-c2ncccn2)c2cccc(F)c12)c1ccc(C(F)(F)F)cc1. The second-order valence-corrected chi connectivity index (χ2v) is 8.75. The Morgan fingerprint density at radius 3 is 2.34 bits per heavy atom. The van der Waals surface area contributed by atoms with E-state index in [1.54, 1.807) is 35.2 Å². The predicted molar refractivity (Wildman–Crippen MR) is 125 cm³/mol. The largest absolute Gasteiger partial charge is 0.416 e. The summed E-state index contributed by atoms with van der Waals surface area (Å²) in [7, 11) is 0. The molecule has 35 heavy (non-hydrogen) atoms. The summed E-state index contributed by atoms with van der Waals surface area (Å²) in [5.74, 6) is -0.713. The van der Waals surface area contributed by atoms with Crippen LogP contribution in [-0.2, 0) is 6.18 Å². The van der Waals surface area contributed by atoms with Gasteiger partial charge in [-0.1, -0.05) is 32.0 Å². The smallest absolute Gasteiger partial charge is 0.351 e. The molecule has 2 heterocycles. The number of carbonyl (C=O) groups is 1. The minimum Gasteiger partial charge on any atom is -0.351 e. The summed E-state index contributed by atoms with van der Waals surface area (Å²) >= 11 is 0. The Bertz CT molecular complexity index is 1320. The van der Waals surface area contributed by atoms with E-state index in [9.17, 15) is 22.4 Å². The molecule has 1 atom stereocenters. The fourth-order valence-corrected chi connectivity index (χ4v) is 4.16. The molecule has 2 aromatic heterocycles. The molecular formula is C26H24F4N4O. The van der Waals surface area contributed by atoms with E-state index in [0.717, 1.165) is 12.1 Å². The van der Waals surface area contributed by atoms with E-state index < -0.39 is 23.5 Å². The van der Waals surface area contributed by atoms with Crippen molar-refractivity contribution < 1.29 is 22.4 Å². The molecule has 0 radical (unpaired) electrons. The number of benzene rings is 2. The van der Waals surface area contributed by atoms with Crippen LogP contribution in [0, 0.1) is 11.7 Å². The van der Waals surface area contributed by atoms with E-state index in [1.165, 1.54) is 24.4 Å². The first-order valence-electron chi connectivity index (χ1n) is 11.2. The molecule has 2 aromatic carbocycles. The lowest BCUT2D eigenvalue weighted by Crippen LogP contribution is -2.29. The quantitative estimate of drug-likeness (QED) is 0.321. The van der Waals surface area contributed by atoms with Crippen LogP contribution < -0.4 is 5.32 Å². The summed E-state index contributed by atoms with van der Waals surface area (Å²) in [5.41, 5.74) is 0.544. The van der Waals surface area contributed by atoms with Gasteiger partial charge in [-0.15, -0.1) is 0 Å². The second-order valence-electron chi connectivity index (χ2n) is 8.75. The highest BCUT2D eigenvalue weighted by atomic mass is 19.4. The predicted octanol–water partition coefficient (Wildman–Crippen LogP) is 6.14. The molecule has 0 aliphatic carbocycles. The number of halogens is 4. The number of alkyl halides is 3. The van der Waals surface area contributed by atoms with Crippen LogP contribution >= 0.6 is 0 Å². The zero-order valence-corrected chi connectivity index (χ0v) is 19.2. The number of nitrogens with one attached hydrogen (secondary N) is 1. The summed E-state index contributed by atoms with van der Waals surface area (Å²) in [6.45, 7) is 4.19. The first-order chi connectivity index (χ1) is 16.6. The van der Waals surface area contributed by atoms with Crippen molar-refractivity contribution in [2.45, 2.75) is 32.4 Å². The van der Waals surface area contributed by atoms with Gasteiger partial charge in [0.1, 0.15) is 5.82 Å². The Labute approximate surface area is 199 Å². The average molecular weight is 484 g/mol. The van der Waals surface area contributed by atoms with E-state index in [-0.39, 0.29) is 29.3 Å². The summed E-state index contributed by atoms with van der Waals surface area (Å²) < 4.78 is 55.2. The van der Waals surface area contributed by atoms with Gasteiger partial charge in [0.25, 0.3) is 5.91 Å². The van der Waals surface area contributed by atoms with E-state index in [0.29, 0.717) is 23.4 Å². The summed E-state index contributed by atoms with van der Waals surface area (Å²) in [4.78, 5) is 21.6. The molecule has 0 spiro atoms. The van der Waals surface area contributed by atoms with Crippen molar-refractivity contribution in [1.29, 1.82) is 0 Å². The number of hydrogen-bond donors (Lipinski definition) is 1. The Hall–Kier alpha value is -3.75. The van der Waals surface area contributed by atoms with Crippen molar-refractivity contribution in [3.05, 3.63) is 89.6 Å². The van der Waals surface area contributed by atoms with Crippen LogP contribution in [0.2, 0.25) is 0 Å². The first-order valence-corrected chi connectivity index (χ1v) is 11.2. The van der Waals surface area contributed by atoms with E-state index >= 15 is 0 Å². The fraction of sp³-hybridized carbons (Fsp3) is 0.269. The molecule has 9 heteroatoms. The molecule has 4 aromatic rings. The molecular weight excluding hydrogens is 460 g/mol. The monoisotopic (exact) mass is 484 g/mol. The van der Waals surface area contributed by atoms with Gasteiger partial charge >= 0.3 is 6.18 Å². The van der Waals surface area contributed by atoms with Crippen LogP contribution in [-0.4, -0.2) is 27.0 Å². The molecule has 0 aliphatic rings. The molecule has 5 nitrogen and oxygen atoms in total. The molecule has 0 bridgehead atoms. The Kier molecular flexibility index (Phi) is 6.86. The maximum atomic E-state index is 14.8. The highest BCUT2D eigenvalue weighted by molar-refractivity contribution is 6.07. The second kappa shape index (κ2) is 9.85. The van der Waals surface area contributed by atoms with Crippen molar-refractivity contribution in [2.75, 3.05) is 6.54 Å². The lowest BCUT2D eigenvalue weighted by Gasteiger charge is -2.21. The third-order valence-corrected chi connectivity index (χ3v) is 5.77. The van der Waals surface area contributed by atoms with Crippen molar-refractivity contribution in [3.8, 4) is 5.95 Å². The third kappa shape index (κ3) is 5.34. The molecule has 0 saturated carbocycles. The van der Waals surface area contributed by atoms with Gasteiger partial charge in [0.2, 0.25) is 5.95 Å². The lowest BCUT2D eigenvalue weighted by molar-refractivity contribution is -0.137. The maximum Gasteiger partial charge on any atom is 0.416 e. The third-order valence-electron chi connectivity index (χ3n) is 5.77. The van der Waals surface area contributed by atoms with Crippen LogP contribution in [0.4, 0.5) is 17.6 Å². The Balaban J connectivity index is 1.61. The van der Waals surface area contributed by atoms with Crippen LogP contribution in [0.15, 0.2) is 67.1 Å². The molecule has 1 unspecified atom stereocenters. The zero-order valence-electron chi connectivity index (χ0n) is 19.2. The van der Waals surface area contributed by atoms with E-state index in [4.69, 9.17) is 0 Å². The van der Waals surface area contributed by atoms with Gasteiger partial charge < -0.3 is 5.32 Å². The number of fused-ring (bicyclic) bond motifs is 1. The van der Waals surface area contributed by atoms with Gasteiger partial charge in [-0.2, -0.15) is 13.2 Å². The van der Waals surface area contributed by atoms with Crippen molar-refractivity contribution >= 4 is 16.8 Å². The normalized spacial score (nSPS) is 12.8. The Morgan fingerprint density at radius 2 is 1.71 bits per heavy atom. The summed E-state index contributed by atoms with van der Waals surface area (Å²) in [6, 6.07) is 11.1. The van der Waals surface area contributed by atoms with Gasteiger partial charge in [0.05, 0.1) is 16.6 Å². The number of amides is 1. The summed E-state index contributed by atoms with van der Waals surface area (Å²) in [6.07, 6.45) is 0.830. The molecule has 1 N–H and O–H groups in total. The summed E-state index contributed by atoms with van der Waals surface area (Å²) in [5, 5.41) is 3.00. The van der Waals surface area contributed by atoms with Gasteiger partial charge in [-0.25, -0.2) is 14.4 Å². The van der Waals surface area contributed by atoms with Gasteiger partial charge in [-0.3, -0.25) is 9.36 Å².